The van der Waals surface area contributed by atoms with E-state index in [0.29, 0.717) is 6.04 Å². The second-order valence-corrected chi connectivity index (χ2v) is 5.08. The van der Waals surface area contributed by atoms with Gasteiger partial charge in [0.15, 0.2) is 0 Å². The van der Waals surface area contributed by atoms with Gasteiger partial charge in [0.2, 0.25) is 0 Å². The molecule has 0 saturated heterocycles. The molecule has 0 radical (unpaired) electrons. The molecule has 1 aliphatic rings. The average Bonchev–Trinajstić information content (AvgIpc) is 2.40. The molecular weight excluding hydrogens is 174 g/mol. The zero-order valence-corrected chi connectivity index (χ0v) is 8.97. The molecule has 0 aromatic rings. The van der Waals surface area contributed by atoms with Crippen LogP contribution in [0.2, 0.25) is 0 Å². The Morgan fingerprint density at radius 3 is 2.73 bits per heavy atom. The van der Waals surface area contributed by atoms with Gasteiger partial charge in [0, 0.05) is 29.4 Å². The zero-order valence-electron chi connectivity index (χ0n) is 7.33. The van der Waals surface area contributed by atoms with Crippen LogP contribution in [0.15, 0.2) is 11.1 Å². The highest BCUT2D eigenvalue weighted by Crippen LogP contribution is 2.35. The van der Waals surface area contributed by atoms with E-state index in [1.807, 2.05) is 21.6 Å². The summed E-state index contributed by atoms with van der Waals surface area (Å²) in [6.45, 7) is 7.84. The number of nitrogens with zero attached hydrogens (tertiary/aromatic N) is 1. The summed E-state index contributed by atoms with van der Waals surface area (Å²) in [7, 11) is 3.78. The van der Waals surface area contributed by atoms with Gasteiger partial charge in [0.1, 0.15) is 0 Å². The lowest BCUT2D eigenvalue weighted by molar-refractivity contribution is 0.302. The van der Waals surface area contributed by atoms with Gasteiger partial charge in [-0.15, -0.1) is 0 Å². The molecule has 11 heavy (non-hydrogen) atoms. The second-order valence-electron chi connectivity index (χ2n) is 2.85. The molecule has 0 aromatic carbocycles. The van der Waals surface area contributed by atoms with E-state index >= 15 is 0 Å². The van der Waals surface area contributed by atoms with Gasteiger partial charge in [-0.1, -0.05) is 21.6 Å². The summed E-state index contributed by atoms with van der Waals surface area (Å²) in [5.41, 5.74) is 1.50. The summed E-state index contributed by atoms with van der Waals surface area (Å²) in [5.74, 6) is 1.18. The fourth-order valence-corrected chi connectivity index (χ4v) is 3.31. The van der Waals surface area contributed by atoms with E-state index in [4.69, 9.17) is 0 Å². The van der Waals surface area contributed by atoms with Crippen molar-refractivity contribution in [3.05, 3.63) is 11.1 Å². The SMILES string of the molecule is CCN(C1=CSSC1)C(C)C. The summed E-state index contributed by atoms with van der Waals surface area (Å²) in [4.78, 5) is 2.45. The van der Waals surface area contributed by atoms with Crippen LogP contribution >= 0.6 is 21.6 Å². The third kappa shape index (κ3) is 2.34. The van der Waals surface area contributed by atoms with Crippen LogP contribution in [0.1, 0.15) is 20.8 Å². The summed E-state index contributed by atoms with van der Waals surface area (Å²) in [6, 6.07) is 0.644. The summed E-state index contributed by atoms with van der Waals surface area (Å²) in [5, 5.41) is 2.27. The number of hydrogen-bond acceptors (Lipinski definition) is 3. The van der Waals surface area contributed by atoms with Crippen LogP contribution in [0.25, 0.3) is 0 Å². The lowest BCUT2D eigenvalue weighted by atomic mass is 10.3. The number of hydrogen-bond donors (Lipinski definition) is 0. The molecule has 0 aromatic heterocycles. The molecule has 0 amide bonds. The number of rotatable bonds is 3. The van der Waals surface area contributed by atoms with E-state index in [0.717, 1.165) is 6.54 Å². The van der Waals surface area contributed by atoms with E-state index in [1.54, 1.807) is 0 Å². The third-order valence-corrected chi connectivity index (χ3v) is 3.76. The van der Waals surface area contributed by atoms with Crippen molar-refractivity contribution in [1.82, 2.24) is 4.90 Å². The monoisotopic (exact) mass is 189 g/mol. The van der Waals surface area contributed by atoms with Gasteiger partial charge in [-0.05, 0) is 20.8 Å². The molecule has 0 atom stereocenters. The smallest absolute Gasteiger partial charge is 0.0447 e. The Balaban J connectivity index is 2.53. The predicted molar refractivity (Wildman–Crippen MR) is 55.6 cm³/mol. The lowest BCUT2D eigenvalue weighted by Crippen LogP contribution is -2.30. The van der Waals surface area contributed by atoms with Gasteiger partial charge in [-0.2, -0.15) is 0 Å². The van der Waals surface area contributed by atoms with Crippen molar-refractivity contribution in [2.75, 3.05) is 12.3 Å². The quantitative estimate of drug-likeness (QED) is 0.628. The fraction of sp³-hybridized carbons (Fsp3) is 0.750. The molecule has 64 valence electrons. The van der Waals surface area contributed by atoms with Gasteiger partial charge in [0.05, 0.1) is 0 Å². The third-order valence-electron chi connectivity index (χ3n) is 1.79. The van der Waals surface area contributed by atoms with Crippen LogP contribution < -0.4 is 0 Å². The highest BCUT2D eigenvalue weighted by molar-refractivity contribution is 8.78. The fourth-order valence-electron chi connectivity index (χ4n) is 1.27. The van der Waals surface area contributed by atoms with Crippen LogP contribution in [0, 0.1) is 0 Å². The standard InChI is InChI=1S/C8H15NS2/c1-4-9(7(2)3)8-5-10-11-6-8/h5,7H,4,6H2,1-3H3. The van der Waals surface area contributed by atoms with Gasteiger partial charge in [-0.3, -0.25) is 0 Å². The molecular formula is C8H15NS2. The van der Waals surface area contributed by atoms with Crippen LogP contribution in [0.4, 0.5) is 0 Å². The minimum Gasteiger partial charge on any atom is -0.372 e. The summed E-state index contributed by atoms with van der Waals surface area (Å²) in [6.07, 6.45) is 0. The van der Waals surface area contributed by atoms with Crippen LogP contribution in [0.5, 0.6) is 0 Å². The molecule has 0 saturated carbocycles. The molecule has 1 aliphatic heterocycles. The molecule has 0 unspecified atom stereocenters. The van der Waals surface area contributed by atoms with Gasteiger partial charge in [0.25, 0.3) is 0 Å². The van der Waals surface area contributed by atoms with Crippen LogP contribution in [-0.2, 0) is 0 Å². The zero-order chi connectivity index (χ0) is 8.27. The Hall–Kier alpha value is 0.240. The lowest BCUT2D eigenvalue weighted by Gasteiger charge is -2.27. The molecule has 1 heterocycles. The molecule has 1 nitrogen and oxygen atoms in total. The minimum absolute atomic E-state index is 0.644. The summed E-state index contributed by atoms with van der Waals surface area (Å²) < 4.78 is 0. The first-order valence-electron chi connectivity index (χ1n) is 3.99. The molecule has 0 spiro atoms. The van der Waals surface area contributed by atoms with Crippen molar-refractivity contribution in [2.45, 2.75) is 26.8 Å². The van der Waals surface area contributed by atoms with Gasteiger partial charge < -0.3 is 4.90 Å². The van der Waals surface area contributed by atoms with Crippen LogP contribution in [0.3, 0.4) is 0 Å². The Kier molecular flexibility index (Phi) is 3.66. The predicted octanol–water partition coefficient (Wildman–Crippen LogP) is 2.95. The van der Waals surface area contributed by atoms with E-state index < -0.39 is 0 Å². The Morgan fingerprint density at radius 1 is 1.64 bits per heavy atom. The van der Waals surface area contributed by atoms with Crippen molar-refractivity contribution < 1.29 is 0 Å². The van der Waals surface area contributed by atoms with E-state index in [9.17, 15) is 0 Å². The highest BCUT2D eigenvalue weighted by atomic mass is 33.1. The van der Waals surface area contributed by atoms with E-state index in [-0.39, 0.29) is 0 Å². The maximum atomic E-state index is 2.45. The second kappa shape index (κ2) is 4.31. The van der Waals surface area contributed by atoms with Gasteiger partial charge >= 0.3 is 0 Å². The molecule has 0 fully saturated rings. The van der Waals surface area contributed by atoms with Crippen molar-refractivity contribution in [2.24, 2.45) is 0 Å². The van der Waals surface area contributed by atoms with E-state index in [2.05, 4.69) is 31.1 Å². The van der Waals surface area contributed by atoms with E-state index in [1.165, 1.54) is 11.4 Å². The minimum atomic E-state index is 0.644. The Labute approximate surface area is 77.0 Å². The molecule has 1 rings (SSSR count). The first kappa shape index (κ1) is 9.33. The van der Waals surface area contributed by atoms with Crippen LogP contribution in [-0.4, -0.2) is 23.2 Å². The highest BCUT2D eigenvalue weighted by Gasteiger charge is 2.14. The van der Waals surface area contributed by atoms with Crippen molar-refractivity contribution in [3.63, 3.8) is 0 Å². The van der Waals surface area contributed by atoms with Crippen molar-refractivity contribution in [1.29, 1.82) is 0 Å². The van der Waals surface area contributed by atoms with Gasteiger partial charge in [-0.25, -0.2) is 0 Å². The largest absolute Gasteiger partial charge is 0.372 e. The normalized spacial score (nSPS) is 17.3. The molecule has 0 aliphatic carbocycles. The average molecular weight is 189 g/mol. The van der Waals surface area contributed by atoms with Crippen molar-refractivity contribution >= 4 is 21.6 Å². The summed E-state index contributed by atoms with van der Waals surface area (Å²) >= 11 is 0. The Morgan fingerprint density at radius 2 is 2.36 bits per heavy atom. The Bertz CT molecular complexity index is 154. The topological polar surface area (TPSA) is 3.24 Å². The molecule has 0 N–H and O–H groups in total. The molecule has 0 bridgehead atoms. The first-order valence-corrected chi connectivity index (χ1v) is 6.38. The molecule has 3 heteroatoms. The maximum absolute atomic E-state index is 2.45. The van der Waals surface area contributed by atoms with Crippen molar-refractivity contribution in [3.8, 4) is 0 Å². The maximum Gasteiger partial charge on any atom is 0.0447 e. The first-order chi connectivity index (χ1) is 5.25.